The van der Waals surface area contributed by atoms with Gasteiger partial charge in [0.2, 0.25) is 0 Å². The van der Waals surface area contributed by atoms with Crippen LogP contribution in [0.1, 0.15) is 84.5 Å². The lowest BCUT2D eigenvalue weighted by atomic mass is 10.1. The van der Waals surface area contributed by atoms with Gasteiger partial charge in [-0.05, 0) is 38.0 Å². The van der Waals surface area contributed by atoms with Crippen LogP contribution in [0.25, 0.3) is 0 Å². The lowest BCUT2D eigenvalue weighted by molar-refractivity contribution is -0.144. The van der Waals surface area contributed by atoms with Gasteiger partial charge in [-0.25, -0.2) is 0 Å². The van der Waals surface area contributed by atoms with Crippen molar-refractivity contribution in [1.29, 1.82) is 0 Å². The highest BCUT2D eigenvalue weighted by Crippen LogP contribution is 2.10. The minimum absolute atomic E-state index is 0.0685. The van der Waals surface area contributed by atoms with Crippen molar-refractivity contribution in [1.82, 2.24) is 0 Å². The third kappa shape index (κ3) is 17.0. The van der Waals surface area contributed by atoms with Gasteiger partial charge in [0.05, 0.1) is 13.2 Å². The van der Waals surface area contributed by atoms with Gasteiger partial charge in [0.15, 0.2) is 0 Å². The molecule has 0 aromatic carbocycles. The molecule has 4 nitrogen and oxygen atoms in total. The van der Waals surface area contributed by atoms with E-state index < -0.39 is 0 Å². The summed E-state index contributed by atoms with van der Waals surface area (Å²) >= 11 is 0. The summed E-state index contributed by atoms with van der Waals surface area (Å²) in [7, 11) is 0. The van der Waals surface area contributed by atoms with Gasteiger partial charge in [0, 0.05) is 12.8 Å². The third-order valence-corrected chi connectivity index (χ3v) is 3.79. The summed E-state index contributed by atoms with van der Waals surface area (Å²) in [5.74, 6) is 0.482. The zero-order valence-corrected chi connectivity index (χ0v) is 15.7. The molecule has 0 heterocycles. The van der Waals surface area contributed by atoms with Crippen molar-refractivity contribution in [2.24, 2.45) is 5.92 Å². The van der Waals surface area contributed by atoms with E-state index in [0.29, 0.717) is 38.4 Å². The Kier molecular flexibility index (Phi) is 15.6. The summed E-state index contributed by atoms with van der Waals surface area (Å²) in [6, 6.07) is 0. The number of carbonyl (C=O) groups excluding carboxylic acids is 2. The molecule has 0 radical (unpaired) electrons. The molecule has 0 spiro atoms. The molecule has 0 unspecified atom stereocenters. The maximum Gasteiger partial charge on any atom is 0.305 e. The lowest BCUT2D eigenvalue weighted by Crippen LogP contribution is -2.06. The topological polar surface area (TPSA) is 52.6 Å². The number of ether oxygens (including phenoxy) is 2. The number of hydrogen-bond donors (Lipinski definition) is 0. The number of hydrogen-bond acceptors (Lipinski definition) is 4. The highest BCUT2D eigenvalue weighted by atomic mass is 16.5. The monoisotopic (exact) mass is 340 g/mol. The molecule has 0 rings (SSSR count). The smallest absolute Gasteiger partial charge is 0.305 e. The van der Waals surface area contributed by atoms with Crippen LogP contribution in [0.3, 0.4) is 0 Å². The molecule has 0 aliphatic carbocycles. The van der Waals surface area contributed by atoms with E-state index in [-0.39, 0.29) is 11.9 Å². The van der Waals surface area contributed by atoms with E-state index in [1.807, 2.05) is 0 Å². The molecular weight excluding hydrogens is 304 g/mol. The molecular formula is C20H36O4. The van der Waals surface area contributed by atoms with Crippen LogP contribution in [0.15, 0.2) is 12.7 Å². The predicted octanol–water partition coefficient (Wildman–Crippen LogP) is 5.21. The fraction of sp³-hybridized carbons (Fsp3) is 0.800. The van der Waals surface area contributed by atoms with E-state index in [4.69, 9.17) is 9.47 Å². The molecule has 0 saturated heterocycles. The van der Waals surface area contributed by atoms with Gasteiger partial charge in [0.25, 0.3) is 0 Å². The summed E-state index contributed by atoms with van der Waals surface area (Å²) in [6.07, 6.45) is 11.6. The molecule has 0 amide bonds. The molecule has 0 aliphatic heterocycles. The van der Waals surface area contributed by atoms with Crippen LogP contribution in [0.2, 0.25) is 0 Å². The maximum atomic E-state index is 11.5. The van der Waals surface area contributed by atoms with Gasteiger partial charge in [-0.15, -0.1) is 6.58 Å². The van der Waals surface area contributed by atoms with Crippen LogP contribution >= 0.6 is 0 Å². The van der Waals surface area contributed by atoms with Crippen molar-refractivity contribution in [2.75, 3.05) is 13.2 Å². The molecule has 0 aromatic rings. The average Bonchev–Trinajstić information content (AvgIpc) is 2.54. The molecule has 0 N–H and O–H groups in total. The molecule has 0 saturated carbocycles. The molecule has 140 valence electrons. The second-order valence-corrected chi connectivity index (χ2v) is 6.68. The lowest BCUT2D eigenvalue weighted by Gasteiger charge is -2.06. The summed E-state index contributed by atoms with van der Waals surface area (Å²) < 4.78 is 10.3. The van der Waals surface area contributed by atoms with Crippen LogP contribution in [0.5, 0.6) is 0 Å². The van der Waals surface area contributed by atoms with Gasteiger partial charge >= 0.3 is 11.9 Å². The van der Waals surface area contributed by atoms with Crippen molar-refractivity contribution in [3.63, 3.8) is 0 Å². The standard InChI is InChI=1S/C20H36O4/c1-4-5-16-23-19(21)14-10-8-6-7-9-11-15-20(22)24-17-12-13-18(2)3/h4,18H,1,5-17H2,2-3H3. The van der Waals surface area contributed by atoms with Crippen LogP contribution in [0, 0.1) is 5.92 Å². The molecule has 4 heteroatoms. The second kappa shape index (κ2) is 16.5. The SMILES string of the molecule is C=CCCOC(=O)CCCCCCCCC(=O)OCCCC(C)C. The van der Waals surface area contributed by atoms with Crippen LogP contribution in [-0.4, -0.2) is 25.2 Å². The van der Waals surface area contributed by atoms with Crippen molar-refractivity contribution in [3.05, 3.63) is 12.7 Å². The molecule has 0 fully saturated rings. The van der Waals surface area contributed by atoms with Gasteiger partial charge in [-0.2, -0.15) is 0 Å². The first-order chi connectivity index (χ1) is 11.6. The Hall–Kier alpha value is -1.32. The number of unbranched alkanes of at least 4 members (excludes halogenated alkanes) is 5. The van der Waals surface area contributed by atoms with Crippen LogP contribution < -0.4 is 0 Å². The first kappa shape index (κ1) is 22.7. The van der Waals surface area contributed by atoms with E-state index in [0.717, 1.165) is 51.4 Å². The Balaban J connectivity index is 3.28. The summed E-state index contributed by atoms with van der Waals surface area (Å²) in [5, 5.41) is 0. The number of esters is 2. The van der Waals surface area contributed by atoms with Crippen molar-refractivity contribution in [2.45, 2.75) is 84.5 Å². The fourth-order valence-electron chi connectivity index (χ4n) is 2.32. The minimum atomic E-state index is -0.114. The van der Waals surface area contributed by atoms with E-state index in [2.05, 4.69) is 20.4 Å². The minimum Gasteiger partial charge on any atom is -0.466 e. The van der Waals surface area contributed by atoms with Crippen molar-refractivity contribution >= 4 is 11.9 Å². The molecule has 0 aromatic heterocycles. The molecule has 0 bridgehead atoms. The van der Waals surface area contributed by atoms with Gasteiger partial charge in [-0.1, -0.05) is 45.6 Å². The third-order valence-electron chi connectivity index (χ3n) is 3.79. The van der Waals surface area contributed by atoms with Crippen molar-refractivity contribution < 1.29 is 19.1 Å². The van der Waals surface area contributed by atoms with Gasteiger partial charge < -0.3 is 9.47 Å². The molecule has 0 atom stereocenters. The fourth-order valence-corrected chi connectivity index (χ4v) is 2.32. The Morgan fingerprint density at radius 1 is 0.833 bits per heavy atom. The summed E-state index contributed by atoms with van der Waals surface area (Å²) in [6.45, 7) is 8.93. The largest absolute Gasteiger partial charge is 0.466 e. The van der Waals surface area contributed by atoms with Gasteiger partial charge in [0.1, 0.15) is 0 Å². The summed E-state index contributed by atoms with van der Waals surface area (Å²) in [5.41, 5.74) is 0. The van der Waals surface area contributed by atoms with Gasteiger partial charge in [-0.3, -0.25) is 9.59 Å². The van der Waals surface area contributed by atoms with Crippen molar-refractivity contribution in [3.8, 4) is 0 Å². The maximum absolute atomic E-state index is 11.5. The average molecular weight is 341 g/mol. The highest BCUT2D eigenvalue weighted by Gasteiger charge is 2.04. The zero-order valence-electron chi connectivity index (χ0n) is 15.7. The zero-order chi connectivity index (χ0) is 18.0. The van der Waals surface area contributed by atoms with Crippen LogP contribution in [-0.2, 0) is 19.1 Å². The Bertz CT molecular complexity index is 337. The van der Waals surface area contributed by atoms with E-state index in [1.54, 1.807) is 6.08 Å². The molecule has 0 aliphatic rings. The quantitative estimate of drug-likeness (QED) is 0.220. The molecule has 24 heavy (non-hydrogen) atoms. The van der Waals surface area contributed by atoms with E-state index in [9.17, 15) is 9.59 Å². The van der Waals surface area contributed by atoms with E-state index >= 15 is 0 Å². The Labute approximate surface area is 148 Å². The van der Waals surface area contributed by atoms with Crippen LogP contribution in [0.4, 0.5) is 0 Å². The summed E-state index contributed by atoms with van der Waals surface area (Å²) in [4.78, 5) is 22.9. The first-order valence-corrected chi connectivity index (χ1v) is 9.48. The predicted molar refractivity (Wildman–Crippen MR) is 97.7 cm³/mol. The number of carbonyl (C=O) groups is 2. The second-order valence-electron chi connectivity index (χ2n) is 6.68. The highest BCUT2D eigenvalue weighted by molar-refractivity contribution is 5.69. The number of rotatable bonds is 16. The Morgan fingerprint density at radius 3 is 1.83 bits per heavy atom. The Morgan fingerprint density at radius 2 is 1.33 bits per heavy atom. The normalized spacial score (nSPS) is 10.6. The first-order valence-electron chi connectivity index (χ1n) is 9.48. The van der Waals surface area contributed by atoms with E-state index in [1.165, 1.54) is 0 Å².